The van der Waals surface area contributed by atoms with E-state index in [-0.39, 0.29) is 23.6 Å². The third-order valence-corrected chi connectivity index (χ3v) is 4.99. The zero-order valence-electron chi connectivity index (χ0n) is 14.9. The molecule has 0 amide bonds. The second kappa shape index (κ2) is 6.50. The maximum atomic E-state index is 13.8. The van der Waals surface area contributed by atoms with Crippen LogP contribution in [0.25, 0.3) is 16.6 Å². The summed E-state index contributed by atoms with van der Waals surface area (Å²) in [6.45, 7) is 0.0688. The minimum atomic E-state index is -3.36. The van der Waals surface area contributed by atoms with Crippen molar-refractivity contribution < 1.29 is 17.6 Å². The number of nitrogens with one attached hydrogen (secondary N) is 1. The smallest absolute Gasteiger partial charge is 0.266 e. The molecule has 1 aliphatic heterocycles. The Bertz CT molecular complexity index is 1320. The fraction of sp³-hybridized carbons (Fsp3) is 0.167. The van der Waals surface area contributed by atoms with Gasteiger partial charge >= 0.3 is 0 Å². The summed E-state index contributed by atoms with van der Waals surface area (Å²) in [6, 6.07) is 8.89. The van der Waals surface area contributed by atoms with Gasteiger partial charge in [0.05, 0.1) is 22.8 Å². The van der Waals surface area contributed by atoms with Gasteiger partial charge in [-0.3, -0.25) is 9.36 Å². The van der Waals surface area contributed by atoms with Gasteiger partial charge in [0.15, 0.2) is 11.5 Å². The molecule has 1 N–H and O–H groups in total. The number of halogens is 1. The fourth-order valence-corrected chi connectivity index (χ4v) is 3.56. The largest absolute Gasteiger partial charge is 0.399 e. The number of benzene rings is 2. The first-order valence-corrected chi connectivity index (χ1v) is 10.1. The quantitative estimate of drug-likeness (QED) is 0.518. The number of rotatable bonds is 4. The van der Waals surface area contributed by atoms with Gasteiger partial charge in [-0.05, 0) is 35.9 Å². The Morgan fingerprint density at radius 1 is 1.25 bits per heavy atom. The number of sulfonamides is 1. The number of hydrogen-bond acceptors (Lipinski definition) is 6. The molecule has 1 aliphatic rings. The molecule has 3 aromatic rings. The molecule has 8 nitrogen and oxygen atoms in total. The number of oxime groups is 1. The van der Waals surface area contributed by atoms with E-state index in [1.54, 1.807) is 18.2 Å². The molecule has 2 heterocycles. The third-order valence-electron chi connectivity index (χ3n) is 4.32. The Morgan fingerprint density at radius 3 is 2.75 bits per heavy atom. The molecule has 0 bridgehead atoms. The van der Waals surface area contributed by atoms with Crippen LogP contribution in [-0.2, 0) is 21.4 Å². The SMILES string of the molecule is CO/N=C1/c2cc(F)ccc2-n2c1nc1cc(CNS(C)(=O)=O)ccc1c2=O. The summed E-state index contributed by atoms with van der Waals surface area (Å²) in [6.07, 6.45) is 1.06. The van der Waals surface area contributed by atoms with Crippen LogP contribution < -0.4 is 10.3 Å². The van der Waals surface area contributed by atoms with Crippen molar-refractivity contribution in [1.82, 2.24) is 14.3 Å². The fourth-order valence-electron chi connectivity index (χ4n) is 3.13. The molecule has 1 aromatic heterocycles. The standard InChI is InChI=1S/C18H15FN4O4S/c1-27-22-16-13-8-11(19)4-6-15(13)23-17(16)21-14-7-10(9-20-28(2,25)26)3-5-12(14)18(23)24/h3-8,20H,9H2,1-2H3/b22-16-. The molecule has 0 aliphatic carbocycles. The highest BCUT2D eigenvalue weighted by Gasteiger charge is 2.30. The van der Waals surface area contributed by atoms with E-state index < -0.39 is 15.8 Å². The van der Waals surface area contributed by atoms with Crippen LogP contribution in [0.3, 0.4) is 0 Å². The summed E-state index contributed by atoms with van der Waals surface area (Å²) < 4.78 is 40.1. The second-order valence-electron chi connectivity index (χ2n) is 6.30. The Balaban J connectivity index is 1.93. The number of hydrogen-bond donors (Lipinski definition) is 1. The lowest BCUT2D eigenvalue weighted by molar-refractivity contribution is 0.214. The number of fused-ring (bicyclic) bond motifs is 4. The van der Waals surface area contributed by atoms with Crippen molar-refractivity contribution in [2.24, 2.45) is 5.16 Å². The van der Waals surface area contributed by atoms with Crippen LogP contribution in [0.15, 0.2) is 46.3 Å². The van der Waals surface area contributed by atoms with Crippen molar-refractivity contribution in [3.63, 3.8) is 0 Å². The molecule has 0 saturated heterocycles. The predicted molar refractivity (Wildman–Crippen MR) is 102 cm³/mol. The molecule has 0 fully saturated rings. The van der Waals surface area contributed by atoms with Crippen LogP contribution >= 0.6 is 0 Å². The first-order valence-electron chi connectivity index (χ1n) is 8.20. The summed E-state index contributed by atoms with van der Waals surface area (Å²) >= 11 is 0. The molecular weight excluding hydrogens is 387 g/mol. The van der Waals surface area contributed by atoms with Crippen LogP contribution in [0.4, 0.5) is 4.39 Å². The minimum absolute atomic E-state index is 0.0688. The van der Waals surface area contributed by atoms with Crippen LogP contribution in [0.5, 0.6) is 0 Å². The summed E-state index contributed by atoms with van der Waals surface area (Å²) in [7, 11) is -2.01. The van der Waals surface area contributed by atoms with Crippen molar-refractivity contribution in [2.45, 2.75) is 6.54 Å². The molecule has 4 rings (SSSR count). The van der Waals surface area contributed by atoms with Gasteiger partial charge in [0.1, 0.15) is 12.9 Å². The van der Waals surface area contributed by atoms with Crippen molar-refractivity contribution in [1.29, 1.82) is 0 Å². The molecule has 0 radical (unpaired) electrons. The molecule has 10 heteroatoms. The third kappa shape index (κ3) is 3.06. The van der Waals surface area contributed by atoms with Gasteiger partial charge in [0.25, 0.3) is 5.56 Å². The van der Waals surface area contributed by atoms with E-state index in [1.165, 1.54) is 29.9 Å². The molecule has 28 heavy (non-hydrogen) atoms. The van der Waals surface area contributed by atoms with Gasteiger partial charge < -0.3 is 4.84 Å². The zero-order chi connectivity index (χ0) is 20.1. The minimum Gasteiger partial charge on any atom is -0.399 e. The molecule has 0 unspecified atom stereocenters. The highest BCUT2D eigenvalue weighted by molar-refractivity contribution is 7.88. The lowest BCUT2D eigenvalue weighted by Crippen LogP contribution is -2.23. The summed E-state index contributed by atoms with van der Waals surface area (Å²) in [5.74, 6) is -0.240. The predicted octanol–water partition coefficient (Wildman–Crippen LogP) is 1.29. The average molecular weight is 402 g/mol. The Morgan fingerprint density at radius 2 is 2.04 bits per heavy atom. The lowest BCUT2D eigenvalue weighted by atomic mass is 10.1. The van der Waals surface area contributed by atoms with E-state index in [9.17, 15) is 17.6 Å². The summed E-state index contributed by atoms with van der Waals surface area (Å²) in [4.78, 5) is 22.5. The summed E-state index contributed by atoms with van der Waals surface area (Å²) in [5, 5.41) is 4.27. The monoisotopic (exact) mass is 402 g/mol. The van der Waals surface area contributed by atoms with Crippen molar-refractivity contribution in [3.05, 3.63) is 69.5 Å². The van der Waals surface area contributed by atoms with Gasteiger partial charge in [-0.2, -0.15) is 0 Å². The molecule has 2 aromatic carbocycles. The van der Waals surface area contributed by atoms with Gasteiger partial charge in [-0.25, -0.2) is 22.5 Å². The normalized spacial score (nSPS) is 14.3. The molecule has 0 saturated carbocycles. The van der Waals surface area contributed by atoms with Crippen molar-refractivity contribution in [2.75, 3.05) is 13.4 Å². The van der Waals surface area contributed by atoms with Gasteiger partial charge in [0, 0.05) is 12.1 Å². The second-order valence-corrected chi connectivity index (χ2v) is 8.14. The average Bonchev–Trinajstić information content (AvgIpc) is 2.93. The first kappa shape index (κ1) is 18.3. The van der Waals surface area contributed by atoms with E-state index in [1.807, 2.05) is 0 Å². The molecular formula is C18H15FN4O4S. The van der Waals surface area contributed by atoms with Gasteiger partial charge in [-0.15, -0.1) is 0 Å². The molecule has 0 spiro atoms. The highest BCUT2D eigenvalue weighted by atomic mass is 32.2. The van der Waals surface area contributed by atoms with E-state index in [4.69, 9.17) is 4.84 Å². The Hall–Kier alpha value is -3.11. The maximum absolute atomic E-state index is 13.8. The summed E-state index contributed by atoms with van der Waals surface area (Å²) in [5.41, 5.74) is 1.80. The van der Waals surface area contributed by atoms with Crippen molar-refractivity contribution in [3.8, 4) is 5.69 Å². The van der Waals surface area contributed by atoms with Crippen LogP contribution in [0, 0.1) is 5.82 Å². The van der Waals surface area contributed by atoms with E-state index in [0.29, 0.717) is 27.7 Å². The van der Waals surface area contributed by atoms with Crippen LogP contribution in [-0.4, -0.2) is 37.0 Å². The van der Waals surface area contributed by atoms with Gasteiger partial charge in [0.2, 0.25) is 10.0 Å². The Kier molecular flexibility index (Phi) is 4.24. The molecule has 0 atom stereocenters. The van der Waals surface area contributed by atoms with Crippen LogP contribution in [0.1, 0.15) is 17.0 Å². The van der Waals surface area contributed by atoms with E-state index in [2.05, 4.69) is 14.9 Å². The van der Waals surface area contributed by atoms with E-state index >= 15 is 0 Å². The molecule has 144 valence electrons. The van der Waals surface area contributed by atoms with E-state index in [0.717, 1.165) is 6.26 Å². The maximum Gasteiger partial charge on any atom is 0.266 e. The topological polar surface area (TPSA) is 103 Å². The number of nitrogens with zero attached hydrogens (tertiary/aromatic N) is 3. The Labute approximate surface area is 159 Å². The first-order chi connectivity index (χ1) is 13.3. The van der Waals surface area contributed by atoms with Gasteiger partial charge in [-0.1, -0.05) is 11.2 Å². The highest BCUT2D eigenvalue weighted by Crippen LogP contribution is 2.28. The lowest BCUT2D eigenvalue weighted by Gasteiger charge is -2.08. The zero-order valence-corrected chi connectivity index (χ0v) is 15.7. The van der Waals surface area contributed by atoms with Crippen LogP contribution in [0.2, 0.25) is 0 Å². The number of aromatic nitrogens is 2. The van der Waals surface area contributed by atoms with Crippen molar-refractivity contribution >= 4 is 26.6 Å².